The molecule has 0 unspecified atom stereocenters. The van der Waals surface area contributed by atoms with E-state index in [0.29, 0.717) is 18.1 Å². The number of fused-ring (bicyclic) bond motifs is 1. The summed E-state index contributed by atoms with van der Waals surface area (Å²) in [5.74, 6) is 0.280. The third-order valence-electron chi connectivity index (χ3n) is 3.47. The molecule has 1 saturated heterocycles. The minimum absolute atomic E-state index is 0.258. The van der Waals surface area contributed by atoms with Crippen molar-refractivity contribution in [3.63, 3.8) is 0 Å². The summed E-state index contributed by atoms with van der Waals surface area (Å²) in [6, 6.07) is 3.79. The number of hydrogen-bond donors (Lipinski definition) is 1. The van der Waals surface area contributed by atoms with Crippen LogP contribution in [0.5, 0.6) is 0 Å². The lowest BCUT2D eigenvalue weighted by molar-refractivity contribution is 0.00793. The Morgan fingerprint density at radius 2 is 2.19 bits per heavy atom. The van der Waals surface area contributed by atoms with Gasteiger partial charge in [0.15, 0.2) is 0 Å². The zero-order valence-corrected chi connectivity index (χ0v) is 13.1. The first-order valence-corrected chi connectivity index (χ1v) is 7.32. The van der Waals surface area contributed by atoms with Gasteiger partial charge in [-0.1, -0.05) is 11.6 Å². The summed E-state index contributed by atoms with van der Waals surface area (Å²) >= 11 is 6.14. The number of amides is 1. The van der Waals surface area contributed by atoms with Gasteiger partial charge in [0, 0.05) is 36.3 Å². The van der Waals surface area contributed by atoms with Crippen LogP contribution in [-0.2, 0) is 4.74 Å². The van der Waals surface area contributed by atoms with Gasteiger partial charge < -0.3 is 14.6 Å². The molecule has 112 valence electrons. The van der Waals surface area contributed by atoms with Gasteiger partial charge in [-0.15, -0.1) is 0 Å². The van der Waals surface area contributed by atoms with E-state index in [2.05, 4.69) is 9.97 Å². The number of nitrogens with zero attached hydrogens (tertiary/aromatic N) is 2. The van der Waals surface area contributed by atoms with Crippen molar-refractivity contribution in [1.82, 2.24) is 14.9 Å². The number of nitrogens with one attached hydrogen (secondary N) is 1. The van der Waals surface area contributed by atoms with E-state index in [9.17, 15) is 4.79 Å². The molecule has 0 aromatic carbocycles. The van der Waals surface area contributed by atoms with Crippen LogP contribution in [0.4, 0.5) is 4.79 Å². The highest BCUT2D eigenvalue weighted by molar-refractivity contribution is 6.35. The summed E-state index contributed by atoms with van der Waals surface area (Å²) in [7, 11) is 0. The first-order chi connectivity index (χ1) is 9.83. The van der Waals surface area contributed by atoms with Gasteiger partial charge in [-0.3, -0.25) is 0 Å². The molecule has 1 aliphatic rings. The minimum Gasteiger partial charge on any atom is -0.444 e. The van der Waals surface area contributed by atoms with E-state index in [-0.39, 0.29) is 12.0 Å². The standard InChI is InChI=1S/C15H18ClN3O2/c1-15(2,3)21-14(20)19-7-9(8-19)12-6-10-11(16)4-5-17-13(10)18-12/h4-6,9H,7-8H2,1-3H3,(H,17,18). The number of halogens is 1. The van der Waals surface area contributed by atoms with E-state index >= 15 is 0 Å². The van der Waals surface area contributed by atoms with E-state index in [4.69, 9.17) is 16.3 Å². The minimum atomic E-state index is -0.458. The number of aromatic amines is 1. The van der Waals surface area contributed by atoms with Crippen LogP contribution in [0.2, 0.25) is 5.02 Å². The molecule has 0 radical (unpaired) electrons. The van der Waals surface area contributed by atoms with Crippen LogP contribution >= 0.6 is 11.6 Å². The highest BCUT2D eigenvalue weighted by atomic mass is 35.5. The number of H-pyrrole nitrogens is 1. The van der Waals surface area contributed by atoms with Crippen LogP contribution in [0.1, 0.15) is 32.4 Å². The Morgan fingerprint density at radius 3 is 2.81 bits per heavy atom. The number of aromatic nitrogens is 2. The molecule has 2 aromatic rings. The highest BCUT2D eigenvalue weighted by Crippen LogP contribution is 2.31. The fourth-order valence-corrected chi connectivity index (χ4v) is 2.59. The molecule has 21 heavy (non-hydrogen) atoms. The maximum atomic E-state index is 11.9. The van der Waals surface area contributed by atoms with Gasteiger partial charge in [0.2, 0.25) is 0 Å². The van der Waals surface area contributed by atoms with E-state index < -0.39 is 5.60 Å². The van der Waals surface area contributed by atoms with E-state index in [1.165, 1.54) is 0 Å². The SMILES string of the molecule is CC(C)(C)OC(=O)N1CC(c2cc3c(Cl)ccnc3[nH]2)C1. The van der Waals surface area contributed by atoms with Crippen LogP contribution in [0.15, 0.2) is 18.3 Å². The number of carbonyl (C=O) groups is 1. The number of rotatable bonds is 1. The summed E-state index contributed by atoms with van der Waals surface area (Å²) in [5.41, 5.74) is 1.39. The fraction of sp³-hybridized carbons (Fsp3) is 0.467. The molecule has 0 atom stereocenters. The molecule has 0 bridgehead atoms. The van der Waals surface area contributed by atoms with E-state index in [0.717, 1.165) is 16.7 Å². The molecule has 0 spiro atoms. The maximum absolute atomic E-state index is 11.9. The normalized spacial score (nSPS) is 16.1. The molecule has 2 aromatic heterocycles. The third-order valence-corrected chi connectivity index (χ3v) is 3.80. The van der Waals surface area contributed by atoms with Crippen molar-refractivity contribution in [2.75, 3.05) is 13.1 Å². The molecule has 3 rings (SSSR count). The summed E-state index contributed by atoms with van der Waals surface area (Å²) < 4.78 is 5.35. The second-order valence-corrected chi connectivity index (χ2v) is 6.77. The molecule has 0 saturated carbocycles. The number of ether oxygens (including phenoxy) is 1. The Kier molecular flexibility index (Phi) is 3.32. The molecule has 1 amide bonds. The second kappa shape index (κ2) is 4.91. The Balaban J connectivity index is 1.68. The van der Waals surface area contributed by atoms with Gasteiger partial charge in [-0.2, -0.15) is 0 Å². The Labute approximate surface area is 128 Å². The molecule has 1 fully saturated rings. The average Bonchev–Trinajstić information content (AvgIpc) is 2.69. The largest absolute Gasteiger partial charge is 0.444 e. The molecular weight excluding hydrogens is 290 g/mol. The van der Waals surface area contributed by atoms with Crippen LogP contribution in [-0.4, -0.2) is 39.7 Å². The molecule has 1 aliphatic heterocycles. The zero-order valence-electron chi connectivity index (χ0n) is 12.3. The predicted octanol–water partition coefficient (Wildman–Crippen LogP) is 3.55. The first-order valence-electron chi connectivity index (χ1n) is 6.94. The molecule has 3 heterocycles. The van der Waals surface area contributed by atoms with Crippen LogP contribution in [0.25, 0.3) is 11.0 Å². The van der Waals surface area contributed by atoms with Crippen molar-refractivity contribution in [3.8, 4) is 0 Å². The quantitative estimate of drug-likeness (QED) is 0.876. The number of hydrogen-bond acceptors (Lipinski definition) is 3. The van der Waals surface area contributed by atoms with Gasteiger partial charge in [-0.05, 0) is 32.9 Å². The molecule has 1 N–H and O–H groups in total. The van der Waals surface area contributed by atoms with Crippen molar-refractivity contribution >= 4 is 28.7 Å². The Bertz CT molecular complexity index is 684. The summed E-state index contributed by atoms with van der Waals surface area (Å²) in [6.45, 7) is 6.91. The van der Waals surface area contributed by atoms with Crippen molar-refractivity contribution in [2.45, 2.75) is 32.3 Å². The number of likely N-dealkylation sites (tertiary alicyclic amines) is 1. The van der Waals surface area contributed by atoms with Crippen LogP contribution < -0.4 is 0 Å². The molecule has 5 nitrogen and oxygen atoms in total. The van der Waals surface area contributed by atoms with Crippen molar-refractivity contribution < 1.29 is 9.53 Å². The lowest BCUT2D eigenvalue weighted by Crippen LogP contribution is -2.50. The highest BCUT2D eigenvalue weighted by Gasteiger charge is 2.35. The van der Waals surface area contributed by atoms with Gasteiger partial charge >= 0.3 is 6.09 Å². The van der Waals surface area contributed by atoms with E-state index in [1.807, 2.05) is 26.8 Å². The van der Waals surface area contributed by atoms with Crippen molar-refractivity contribution in [2.24, 2.45) is 0 Å². The predicted molar refractivity (Wildman–Crippen MR) is 81.7 cm³/mol. The second-order valence-electron chi connectivity index (χ2n) is 6.36. The average molecular weight is 308 g/mol. The monoisotopic (exact) mass is 307 g/mol. The summed E-state index contributed by atoms with van der Waals surface area (Å²) in [5, 5.41) is 1.61. The van der Waals surface area contributed by atoms with Crippen LogP contribution in [0, 0.1) is 0 Å². The first kappa shape index (κ1) is 14.2. The van der Waals surface area contributed by atoms with Crippen molar-refractivity contribution in [3.05, 3.63) is 29.0 Å². The fourth-order valence-electron chi connectivity index (χ4n) is 2.39. The Hall–Kier alpha value is -1.75. The third kappa shape index (κ3) is 2.83. The van der Waals surface area contributed by atoms with Crippen LogP contribution in [0.3, 0.4) is 0 Å². The zero-order chi connectivity index (χ0) is 15.2. The smallest absolute Gasteiger partial charge is 0.410 e. The van der Waals surface area contributed by atoms with Gasteiger partial charge in [0.25, 0.3) is 0 Å². The Morgan fingerprint density at radius 1 is 1.48 bits per heavy atom. The lowest BCUT2D eigenvalue weighted by Gasteiger charge is -2.39. The van der Waals surface area contributed by atoms with Gasteiger partial charge in [0.05, 0.1) is 5.02 Å². The number of carbonyl (C=O) groups excluding carboxylic acids is 1. The molecule has 0 aliphatic carbocycles. The maximum Gasteiger partial charge on any atom is 0.410 e. The molecule has 6 heteroatoms. The van der Waals surface area contributed by atoms with E-state index in [1.54, 1.807) is 17.2 Å². The van der Waals surface area contributed by atoms with Gasteiger partial charge in [0.1, 0.15) is 11.2 Å². The topological polar surface area (TPSA) is 58.2 Å². The molecular formula is C15H18ClN3O2. The summed E-state index contributed by atoms with van der Waals surface area (Å²) in [6.07, 6.45) is 1.42. The number of pyridine rings is 1. The van der Waals surface area contributed by atoms with Crippen molar-refractivity contribution in [1.29, 1.82) is 0 Å². The van der Waals surface area contributed by atoms with Gasteiger partial charge in [-0.25, -0.2) is 9.78 Å². The summed E-state index contributed by atoms with van der Waals surface area (Å²) in [4.78, 5) is 21.1. The lowest BCUT2D eigenvalue weighted by atomic mass is 9.97.